The molecule has 0 bridgehead atoms. The highest BCUT2D eigenvalue weighted by molar-refractivity contribution is 7.89. The molecule has 0 spiro atoms. The van der Waals surface area contributed by atoms with Crippen LogP contribution in [-0.2, 0) is 14.8 Å². The molecule has 2 atom stereocenters. The van der Waals surface area contributed by atoms with Crippen molar-refractivity contribution in [1.82, 2.24) is 9.80 Å². The summed E-state index contributed by atoms with van der Waals surface area (Å²) in [4.78, 5) is 16.6. The van der Waals surface area contributed by atoms with Gasteiger partial charge in [0.25, 0.3) is 0 Å². The van der Waals surface area contributed by atoms with Crippen LogP contribution in [0.3, 0.4) is 0 Å². The monoisotopic (exact) mass is 474 g/mol. The van der Waals surface area contributed by atoms with E-state index >= 15 is 0 Å². The number of nitrogens with two attached hydrogens (primary N) is 1. The number of amides is 1. The van der Waals surface area contributed by atoms with E-state index in [1.54, 1.807) is 12.1 Å². The SMILES string of the molecule is CC1C(c2ccccc2)OC(=O)N1C1CCN(C(=S)Nc2ccc(S(N)(=O)=O)cc2)CC1. The minimum atomic E-state index is -3.73. The molecule has 2 aromatic carbocycles. The number of likely N-dealkylation sites (tertiary alicyclic amines) is 1. The van der Waals surface area contributed by atoms with E-state index in [-0.39, 0.29) is 29.2 Å². The summed E-state index contributed by atoms with van der Waals surface area (Å²) in [6, 6.07) is 16.0. The molecule has 2 heterocycles. The third-order valence-electron chi connectivity index (χ3n) is 6.02. The van der Waals surface area contributed by atoms with Gasteiger partial charge in [-0.3, -0.25) is 4.90 Å². The number of anilines is 1. The molecule has 4 rings (SSSR count). The molecule has 2 aliphatic heterocycles. The Balaban J connectivity index is 1.34. The zero-order valence-electron chi connectivity index (χ0n) is 17.7. The van der Waals surface area contributed by atoms with Crippen LogP contribution in [0, 0.1) is 0 Å². The number of benzene rings is 2. The first-order chi connectivity index (χ1) is 15.2. The van der Waals surface area contributed by atoms with E-state index in [0.717, 1.165) is 18.4 Å². The summed E-state index contributed by atoms with van der Waals surface area (Å²) in [7, 11) is -3.73. The maximum absolute atomic E-state index is 12.6. The Labute approximate surface area is 193 Å². The molecule has 2 saturated heterocycles. The number of hydrogen-bond donors (Lipinski definition) is 2. The van der Waals surface area contributed by atoms with Gasteiger partial charge in [-0.1, -0.05) is 30.3 Å². The summed E-state index contributed by atoms with van der Waals surface area (Å²) in [5, 5.41) is 8.83. The molecule has 0 aromatic heterocycles. The quantitative estimate of drug-likeness (QED) is 0.656. The average Bonchev–Trinajstić information content (AvgIpc) is 3.08. The minimum absolute atomic E-state index is 0.0381. The van der Waals surface area contributed by atoms with Crippen molar-refractivity contribution < 1.29 is 17.9 Å². The van der Waals surface area contributed by atoms with E-state index in [0.29, 0.717) is 23.9 Å². The smallest absolute Gasteiger partial charge is 0.411 e. The molecule has 8 nitrogen and oxygen atoms in total. The molecule has 2 fully saturated rings. The van der Waals surface area contributed by atoms with Crippen molar-refractivity contribution in [1.29, 1.82) is 0 Å². The number of nitrogens with zero attached hydrogens (tertiary/aromatic N) is 2. The number of sulfonamides is 1. The lowest BCUT2D eigenvalue weighted by Gasteiger charge is -2.38. The number of nitrogens with one attached hydrogen (secondary N) is 1. The summed E-state index contributed by atoms with van der Waals surface area (Å²) >= 11 is 5.53. The van der Waals surface area contributed by atoms with Gasteiger partial charge in [-0.25, -0.2) is 18.4 Å². The van der Waals surface area contributed by atoms with Crippen LogP contribution in [0.5, 0.6) is 0 Å². The average molecular weight is 475 g/mol. The highest BCUT2D eigenvalue weighted by atomic mass is 32.2. The minimum Gasteiger partial charge on any atom is -0.439 e. The van der Waals surface area contributed by atoms with Crippen LogP contribution in [0.2, 0.25) is 0 Å². The van der Waals surface area contributed by atoms with E-state index in [4.69, 9.17) is 22.1 Å². The summed E-state index contributed by atoms with van der Waals surface area (Å²) in [5.41, 5.74) is 1.69. The summed E-state index contributed by atoms with van der Waals surface area (Å²) in [5.74, 6) is 0. The number of primary sulfonamides is 1. The lowest BCUT2D eigenvalue weighted by molar-refractivity contribution is 0.120. The molecule has 10 heteroatoms. The maximum Gasteiger partial charge on any atom is 0.411 e. The van der Waals surface area contributed by atoms with Gasteiger partial charge >= 0.3 is 6.09 Å². The first-order valence-corrected chi connectivity index (χ1v) is 12.4. The van der Waals surface area contributed by atoms with E-state index in [2.05, 4.69) is 10.2 Å². The van der Waals surface area contributed by atoms with Crippen LogP contribution in [-0.4, -0.2) is 54.6 Å². The van der Waals surface area contributed by atoms with E-state index in [9.17, 15) is 13.2 Å². The Hall–Kier alpha value is -2.69. The third kappa shape index (κ3) is 4.72. The molecule has 0 radical (unpaired) electrons. The Kier molecular flexibility index (Phi) is 6.36. The maximum atomic E-state index is 12.6. The number of rotatable bonds is 4. The standard InChI is InChI=1S/C22H26N4O4S2/c1-15-20(16-5-3-2-4-6-16)30-22(27)26(15)18-11-13-25(14-12-18)21(31)24-17-7-9-19(10-8-17)32(23,28)29/h2-10,15,18,20H,11-14H2,1H3,(H,24,31)(H2,23,28,29). The molecule has 2 aliphatic rings. The van der Waals surface area contributed by atoms with Crippen molar-refractivity contribution in [2.24, 2.45) is 5.14 Å². The van der Waals surface area contributed by atoms with Crippen molar-refractivity contribution in [2.75, 3.05) is 18.4 Å². The molecule has 170 valence electrons. The first-order valence-electron chi connectivity index (χ1n) is 10.5. The zero-order valence-corrected chi connectivity index (χ0v) is 19.3. The van der Waals surface area contributed by atoms with Crippen LogP contribution < -0.4 is 10.5 Å². The van der Waals surface area contributed by atoms with Gasteiger partial charge in [-0.15, -0.1) is 0 Å². The number of thiocarbonyl (C=S) groups is 1. The van der Waals surface area contributed by atoms with Crippen LogP contribution in [0.1, 0.15) is 31.4 Å². The van der Waals surface area contributed by atoms with Gasteiger partial charge < -0.3 is 15.0 Å². The van der Waals surface area contributed by atoms with Gasteiger partial charge in [0.2, 0.25) is 10.0 Å². The van der Waals surface area contributed by atoms with Crippen LogP contribution in [0.4, 0.5) is 10.5 Å². The van der Waals surface area contributed by atoms with Crippen molar-refractivity contribution in [3.8, 4) is 0 Å². The third-order valence-corrected chi connectivity index (χ3v) is 7.31. The second-order valence-electron chi connectivity index (χ2n) is 8.08. The van der Waals surface area contributed by atoms with Gasteiger partial charge in [-0.2, -0.15) is 0 Å². The molecular formula is C22H26N4O4S2. The zero-order chi connectivity index (χ0) is 22.9. The van der Waals surface area contributed by atoms with Crippen molar-refractivity contribution in [2.45, 2.75) is 42.8 Å². The van der Waals surface area contributed by atoms with Crippen LogP contribution >= 0.6 is 12.2 Å². The number of hydrogen-bond acceptors (Lipinski definition) is 5. The van der Waals surface area contributed by atoms with Crippen LogP contribution in [0.15, 0.2) is 59.5 Å². The molecule has 3 N–H and O–H groups in total. The fourth-order valence-corrected chi connectivity index (χ4v) is 5.14. The molecule has 2 unspecified atom stereocenters. The fourth-order valence-electron chi connectivity index (χ4n) is 4.33. The predicted molar refractivity (Wildman–Crippen MR) is 126 cm³/mol. The second-order valence-corrected chi connectivity index (χ2v) is 10.0. The van der Waals surface area contributed by atoms with Crippen molar-refractivity contribution >= 4 is 39.1 Å². The summed E-state index contributed by atoms with van der Waals surface area (Å²) in [6.45, 7) is 3.45. The van der Waals surface area contributed by atoms with Crippen LogP contribution in [0.25, 0.3) is 0 Å². The van der Waals surface area contributed by atoms with Gasteiger partial charge in [0, 0.05) is 24.8 Å². The summed E-state index contributed by atoms with van der Waals surface area (Å²) < 4.78 is 28.5. The number of cyclic esters (lactones) is 1. The normalized spacial score (nSPS) is 22.0. The number of piperidine rings is 1. The number of ether oxygens (including phenoxy) is 1. The Morgan fingerprint density at radius 1 is 1.09 bits per heavy atom. The Morgan fingerprint density at radius 3 is 2.31 bits per heavy atom. The van der Waals surface area contributed by atoms with Gasteiger partial charge in [0.05, 0.1) is 10.9 Å². The van der Waals surface area contributed by atoms with Gasteiger partial charge in [0.1, 0.15) is 6.10 Å². The predicted octanol–water partition coefficient (Wildman–Crippen LogP) is 3.08. The second kappa shape index (κ2) is 9.05. The highest BCUT2D eigenvalue weighted by Crippen LogP contribution is 2.35. The number of carbonyl (C=O) groups excluding carboxylic acids is 1. The van der Waals surface area contributed by atoms with Crippen molar-refractivity contribution in [3.63, 3.8) is 0 Å². The fraction of sp³-hybridized carbons (Fsp3) is 0.364. The van der Waals surface area contributed by atoms with Gasteiger partial charge in [-0.05, 0) is 61.8 Å². The van der Waals surface area contributed by atoms with E-state index in [1.165, 1.54) is 12.1 Å². The molecule has 2 aromatic rings. The molecule has 0 aliphatic carbocycles. The largest absolute Gasteiger partial charge is 0.439 e. The highest BCUT2D eigenvalue weighted by Gasteiger charge is 2.44. The first kappa shape index (κ1) is 22.5. The van der Waals surface area contributed by atoms with E-state index < -0.39 is 10.0 Å². The van der Waals surface area contributed by atoms with Crippen molar-refractivity contribution in [3.05, 3.63) is 60.2 Å². The molecule has 32 heavy (non-hydrogen) atoms. The topological polar surface area (TPSA) is 105 Å². The van der Waals surface area contributed by atoms with E-state index in [1.807, 2.05) is 42.2 Å². The Bertz CT molecular complexity index is 1080. The molecule has 0 saturated carbocycles. The number of carbonyl (C=O) groups is 1. The Morgan fingerprint density at radius 2 is 1.72 bits per heavy atom. The lowest BCUT2D eigenvalue weighted by atomic mass is 9.98. The van der Waals surface area contributed by atoms with Gasteiger partial charge in [0.15, 0.2) is 5.11 Å². The molecular weight excluding hydrogens is 448 g/mol. The summed E-state index contributed by atoms with van der Waals surface area (Å²) in [6.07, 6.45) is 1.05. The molecule has 1 amide bonds. The lowest BCUT2D eigenvalue weighted by Crippen LogP contribution is -2.50.